The molecule has 1 saturated carbocycles. The highest BCUT2D eigenvalue weighted by Crippen LogP contribution is 2.32. The first kappa shape index (κ1) is 21.9. The van der Waals surface area contributed by atoms with Crippen LogP contribution in [0.3, 0.4) is 0 Å². The van der Waals surface area contributed by atoms with Crippen LogP contribution in [0.2, 0.25) is 5.02 Å². The Hall–Kier alpha value is -3.34. The monoisotopic (exact) mass is 453 g/mol. The molecule has 0 radical (unpaired) electrons. The van der Waals surface area contributed by atoms with Crippen molar-refractivity contribution in [1.29, 1.82) is 5.26 Å². The van der Waals surface area contributed by atoms with Gasteiger partial charge in [0.1, 0.15) is 24.2 Å². The summed E-state index contributed by atoms with van der Waals surface area (Å²) >= 11 is 6.17. The summed E-state index contributed by atoms with van der Waals surface area (Å²) < 4.78 is 21.9. The topological polar surface area (TPSA) is 98.8 Å². The van der Waals surface area contributed by atoms with Crippen LogP contribution in [-0.4, -0.2) is 32.4 Å². The molecule has 8 heteroatoms. The Morgan fingerprint density at radius 1 is 1.22 bits per heavy atom. The van der Waals surface area contributed by atoms with Crippen LogP contribution >= 0.6 is 11.6 Å². The Labute approximate surface area is 189 Å². The van der Waals surface area contributed by atoms with Gasteiger partial charge in [-0.05, 0) is 43.2 Å². The zero-order valence-corrected chi connectivity index (χ0v) is 18.1. The number of nitriles is 1. The molecule has 2 aromatic carbocycles. The van der Waals surface area contributed by atoms with Crippen LogP contribution in [0, 0.1) is 17.2 Å². The van der Waals surface area contributed by atoms with E-state index < -0.39 is 0 Å². The van der Waals surface area contributed by atoms with Gasteiger partial charge in [0.2, 0.25) is 0 Å². The van der Waals surface area contributed by atoms with Crippen LogP contribution in [0.15, 0.2) is 51.7 Å². The lowest BCUT2D eigenvalue weighted by atomic mass is 9.82. The fraction of sp³-hybridized carbons (Fsp3) is 0.292. The predicted molar refractivity (Wildman–Crippen MR) is 118 cm³/mol. The standard InChI is InChI=1S/C24H20ClNO6/c1-29-24(28)15-10-17(11-15)30-7-8-31-21-6-5-14(9-16(21)13-26)22-12-20(27)18-3-2-4-19(25)23(18)32-22/h2-6,9,12,15,17H,7-8,10-11H2,1H3. The molecular formula is C24H20ClNO6. The number of carbonyl (C=O) groups excluding carboxylic acids is 1. The quantitative estimate of drug-likeness (QED) is 0.387. The predicted octanol–water partition coefficient (Wildman–Crippen LogP) is 4.33. The molecule has 0 bridgehead atoms. The van der Waals surface area contributed by atoms with Crippen molar-refractivity contribution in [3.05, 3.63) is 63.3 Å². The summed E-state index contributed by atoms with van der Waals surface area (Å²) in [5.74, 6) is 0.423. The summed E-state index contributed by atoms with van der Waals surface area (Å²) in [7, 11) is 1.38. The number of fused-ring (bicyclic) bond motifs is 1. The number of nitrogens with zero attached hydrogens (tertiary/aromatic N) is 1. The van der Waals surface area contributed by atoms with Gasteiger partial charge < -0.3 is 18.6 Å². The molecule has 0 atom stereocenters. The number of methoxy groups -OCH3 is 1. The average Bonchev–Trinajstić information content (AvgIpc) is 2.77. The van der Waals surface area contributed by atoms with E-state index in [-0.39, 0.29) is 30.0 Å². The molecule has 0 aliphatic heterocycles. The molecule has 4 rings (SSSR count). The number of halogens is 1. The Morgan fingerprint density at radius 3 is 2.78 bits per heavy atom. The molecule has 1 fully saturated rings. The fourth-order valence-corrected chi connectivity index (χ4v) is 3.82. The number of carbonyl (C=O) groups is 1. The van der Waals surface area contributed by atoms with E-state index in [4.69, 9.17) is 30.2 Å². The highest BCUT2D eigenvalue weighted by atomic mass is 35.5. The van der Waals surface area contributed by atoms with Gasteiger partial charge in [-0.3, -0.25) is 9.59 Å². The second-order valence-electron chi connectivity index (χ2n) is 7.45. The summed E-state index contributed by atoms with van der Waals surface area (Å²) in [6.07, 6.45) is 1.31. The SMILES string of the molecule is COC(=O)C1CC(OCCOc2ccc(-c3cc(=O)c4cccc(Cl)c4o3)cc2C#N)C1. The zero-order chi connectivity index (χ0) is 22.7. The van der Waals surface area contributed by atoms with Crippen molar-refractivity contribution in [3.63, 3.8) is 0 Å². The minimum atomic E-state index is -0.217. The summed E-state index contributed by atoms with van der Waals surface area (Å²) in [5, 5.41) is 10.3. The molecular weight excluding hydrogens is 434 g/mol. The van der Waals surface area contributed by atoms with Crippen molar-refractivity contribution in [1.82, 2.24) is 0 Å². The molecule has 164 valence electrons. The van der Waals surface area contributed by atoms with Crippen molar-refractivity contribution < 1.29 is 23.4 Å². The summed E-state index contributed by atoms with van der Waals surface area (Å²) in [5.41, 5.74) is 0.953. The van der Waals surface area contributed by atoms with Crippen LogP contribution < -0.4 is 10.2 Å². The van der Waals surface area contributed by atoms with E-state index in [1.807, 2.05) is 0 Å². The lowest BCUT2D eigenvalue weighted by Gasteiger charge is -2.32. The van der Waals surface area contributed by atoms with Crippen molar-refractivity contribution in [2.45, 2.75) is 18.9 Å². The summed E-state index contributed by atoms with van der Waals surface area (Å²) in [6.45, 7) is 0.595. The minimum Gasteiger partial charge on any atom is -0.490 e. The maximum Gasteiger partial charge on any atom is 0.308 e. The number of hydrogen-bond acceptors (Lipinski definition) is 7. The Kier molecular flexibility index (Phi) is 6.45. The van der Waals surface area contributed by atoms with Gasteiger partial charge in [-0.2, -0.15) is 5.26 Å². The lowest BCUT2D eigenvalue weighted by Crippen LogP contribution is -2.37. The van der Waals surface area contributed by atoms with Gasteiger partial charge >= 0.3 is 5.97 Å². The van der Waals surface area contributed by atoms with E-state index in [9.17, 15) is 14.9 Å². The molecule has 1 aliphatic rings. The molecule has 0 spiro atoms. The van der Waals surface area contributed by atoms with Crippen LogP contribution in [0.25, 0.3) is 22.3 Å². The number of hydrogen-bond donors (Lipinski definition) is 0. The van der Waals surface area contributed by atoms with Gasteiger partial charge in [0.25, 0.3) is 0 Å². The molecule has 1 aromatic heterocycles. The van der Waals surface area contributed by atoms with Gasteiger partial charge in [-0.15, -0.1) is 0 Å². The highest BCUT2D eigenvalue weighted by Gasteiger charge is 2.35. The van der Waals surface area contributed by atoms with E-state index in [0.717, 1.165) is 0 Å². The second kappa shape index (κ2) is 9.43. The molecule has 1 aliphatic carbocycles. The minimum absolute atomic E-state index is 0.0168. The van der Waals surface area contributed by atoms with E-state index >= 15 is 0 Å². The second-order valence-corrected chi connectivity index (χ2v) is 7.85. The first-order valence-electron chi connectivity index (χ1n) is 10.1. The van der Waals surface area contributed by atoms with Crippen LogP contribution in [0.1, 0.15) is 18.4 Å². The van der Waals surface area contributed by atoms with Crippen LogP contribution in [-0.2, 0) is 14.3 Å². The first-order valence-corrected chi connectivity index (χ1v) is 10.5. The van der Waals surface area contributed by atoms with E-state index in [1.54, 1.807) is 36.4 Å². The zero-order valence-electron chi connectivity index (χ0n) is 17.3. The van der Waals surface area contributed by atoms with Gasteiger partial charge in [0.05, 0.1) is 41.7 Å². The third-order valence-corrected chi connectivity index (χ3v) is 5.71. The van der Waals surface area contributed by atoms with Gasteiger partial charge in [-0.25, -0.2) is 0 Å². The molecule has 32 heavy (non-hydrogen) atoms. The van der Waals surface area contributed by atoms with Gasteiger partial charge in [0, 0.05) is 11.6 Å². The number of rotatable bonds is 7. The van der Waals surface area contributed by atoms with Crippen molar-refractivity contribution in [2.75, 3.05) is 20.3 Å². The van der Waals surface area contributed by atoms with Crippen molar-refractivity contribution in [2.24, 2.45) is 5.92 Å². The highest BCUT2D eigenvalue weighted by molar-refractivity contribution is 6.34. The average molecular weight is 454 g/mol. The molecule has 0 unspecified atom stereocenters. The molecule has 1 heterocycles. The van der Waals surface area contributed by atoms with E-state index in [0.29, 0.717) is 58.1 Å². The fourth-order valence-electron chi connectivity index (χ4n) is 3.61. The third-order valence-electron chi connectivity index (χ3n) is 5.41. The normalized spacial score (nSPS) is 17.4. The lowest BCUT2D eigenvalue weighted by molar-refractivity contribution is -0.155. The van der Waals surface area contributed by atoms with Crippen molar-refractivity contribution in [3.8, 4) is 23.1 Å². The smallest absolute Gasteiger partial charge is 0.308 e. The Morgan fingerprint density at radius 2 is 2.03 bits per heavy atom. The van der Waals surface area contributed by atoms with Gasteiger partial charge in [0.15, 0.2) is 11.0 Å². The maximum atomic E-state index is 12.4. The maximum absolute atomic E-state index is 12.4. The van der Waals surface area contributed by atoms with Crippen LogP contribution in [0.4, 0.5) is 0 Å². The van der Waals surface area contributed by atoms with Crippen LogP contribution in [0.5, 0.6) is 5.75 Å². The molecule has 3 aromatic rings. The van der Waals surface area contributed by atoms with E-state index in [1.165, 1.54) is 13.2 Å². The first-order chi connectivity index (χ1) is 15.5. The summed E-state index contributed by atoms with van der Waals surface area (Å²) in [4.78, 5) is 23.8. The summed E-state index contributed by atoms with van der Waals surface area (Å²) in [6, 6.07) is 13.4. The number of ether oxygens (including phenoxy) is 3. The molecule has 0 N–H and O–H groups in total. The molecule has 7 nitrogen and oxygen atoms in total. The third kappa shape index (κ3) is 4.47. The number of benzene rings is 2. The number of esters is 1. The van der Waals surface area contributed by atoms with Gasteiger partial charge in [-0.1, -0.05) is 17.7 Å². The molecule has 0 amide bonds. The number of para-hydroxylation sites is 1. The van der Waals surface area contributed by atoms with Crippen molar-refractivity contribution >= 4 is 28.5 Å². The Balaban J connectivity index is 1.41. The molecule has 0 saturated heterocycles. The largest absolute Gasteiger partial charge is 0.490 e. The Bertz CT molecular complexity index is 1260. The van der Waals surface area contributed by atoms with E-state index in [2.05, 4.69) is 6.07 Å².